The number of Topliss-reactive ketones (excluding diaryl/α,β-unsaturated/α-hetero) is 1. The zero-order valence-electron chi connectivity index (χ0n) is 25.1. The van der Waals surface area contributed by atoms with Crippen molar-refractivity contribution < 1.29 is 28.8 Å². The fourth-order valence-electron chi connectivity index (χ4n) is 4.21. The molecule has 1 aliphatic heterocycles. The Morgan fingerprint density at radius 2 is 1.41 bits per heavy atom. The Balaban J connectivity index is 1.97. The van der Waals surface area contributed by atoms with Gasteiger partial charge in [0.05, 0.1) is 12.6 Å². The number of benzene rings is 1. The highest BCUT2D eigenvalue weighted by Gasteiger charge is 2.36. The van der Waals surface area contributed by atoms with Gasteiger partial charge in [0.1, 0.15) is 12.1 Å². The lowest BCUT2D eigenvalue weighted by Gasteiger charge is -2.32. The molecule has 5 amide bonds. The van der Waals surface area contributed by atoms with E-state index in [2.05, 4.69) is 26.2 Å². The summed E-state index contributed by atoms with van der Waals surface area (Å²) in [7, 11) is 1.96. The van der Waals surface area contributed by atoms with Crippen LogP contribution in [0.2, 0.25) is 0 Å². The van der Waals surface area contributed by atoms with Crippen molar-refractivity contribution in [1.82, 2.24) is 31.1 Å². The van der Waals surface area contributed by atoms with E-state index in [0.717, 1.165) is 13.1 Å². The van der Waals surface area contributed by atoms with E-state index < -0.39 is 58.9 Å². The molecule has 0 unspecified atom stereocenters. The summed E-state index contributed by atoms with van der Waals surface area (Å²) in [5.41, 5.74) is -0.289. The van der Waals surface area contributed by atoms with Gasteiger partial charge >= 0.3 is 0 Å². The highest BCUT2D eigenvalue weighted by Crippen LogP contribution is 2.20. The number of hydrogen-bond acceptors (Lipinski definition) is 7. The van der Waals surface area contributed by atoms with E-state index >= 15 is 0 Å². The molecule has 1 fully saturated rings. The number of hydrogen-bond donors (Lipinski definition) is 4. The normalized spacial score (nSPS) is 16.2. The van der Waals surface area contributed by atoms with Crippen molar-refractivity contribution in [3.8, 4) is 0 Å². The van der Waals surface area contributed by atoms with Gasteiger partial charge in [0.2, 0.25) is 23.5 Å². The van der Waals surface area contributed by atoms with Crippen molar-refractivity contribution in [2.75, 3.05) is 39.8 Å². The Kier molecular flexibility index (Phi) is 12.0. The maximum atomic E-state index is 13.2. The first-order valence-electron chi connectivity index (χ1n) is 13.9. The highest BCUT2D eigenvalue weighted by molar-refractivity contribution is 6.38. The predicted molar refractivity (Wildman–Crippen MR) is 154 cm³/mol. The minimum Gasteiger partial charge on any atom is -0.344 e. The lowest BCUT2D eigenvalue weighted by atomic mass is 9.85. The lowest BCUT2D eigenvalue weighted by molar-refractivity contribution is -0.142. The van der Waals surface area contributed by atoms with Gasteiger partial charge in [0.15, 0.2) is 0 Å². The Labute approximate surface area is 242 Å². The van der Waals surface area contributed by atoms with Crippen LogP contribution in [0, 0.1) is 11.3 Å². The predicted octanol–water partition coefficient (Wildman–Crippen LogP) is -0.0641. The largest absolute Gasteiger partial charge is 0.344 e. The van der Waals surface area contributed by atoms with Crippen LogP contribution in [-0.2, 0) is 24.0 Å². The molecule has 1 aromatic rings. The van der Waals surface area contributed by atoms with E-state index in [1.807, 2.05) is 7.05 Å². The Morgan fingerprint density at radius 1 is 0.829 bits per heavy atom. The number of ketones is 1. The van der Waals surface area contributed by atoms with Crippen molar-refractivity contribution in [3.63, 3.8) is 0 Å². The fourth-order valence-corrected chi connectivity index (χ4v) is 4.21. The van der Waals surface area contributed by atoms with Gasteiger partial charge in [-0.2, -0.15) is 0 Å². The van der Waals surface area contributed by atoms with E-state index in [0.29, 0.717) is 18.7 Å². The average Bonchev–Trinajstić information content (AvgIpc) is 2.92. The van der Waals surface area contributed by atoms with Gasteiger partial charge in [-0.25, -0.2) is 0 Å². The quantitative estimate of drug-likeness (QED) is 0.271. The van der Waals surface area contributed by atoms with Crippen LogP contribution in [-0.4, -0.2) is 103 Å². The van der Waals surface area contributed by atoms with Crippen molar-refractivity contribution in [3.05, 3.63) is 35.9 Å². The van der Waals surface area contributed by atoms with Crippen LogP contribution in [0.25, 0.3) is 0 Å². The number of carbonyl (C=O) groups excluding carboxylic acids is 6. The Bertz CT molecular complexity index is 1110. The molecule has 2 rings (SSSR count). The highest BCUT2D eigenvalue weighted by atomic mass is 16.2. The van der Waals surface area contributed by atoms with Crippen molar-refractivity contribution in [2.24, 2.45) is 11.3 Å². The van der Waals surface area contributed by atoms with E-state index in [9.17, 15) is 28.8 Å². The second-order valence-corrected chi connectivity index (χ2v) is 11.8. The molecule has 1 heterocycles. The lowest BCUT2D eigenvalue weighted by Crippen LogP contribution is -2.59. The number of nitrogens with one attached hydrogen (secondary N) is 4. The number of likely N-dealkylation sites (N-methyl/N-ethyl adjacent to an activating group) is 1. The molecule has 12 heteroatoms. The number of piperazine rings is 1. The van der Waals surface area contributed by atoms with Crippen LogP contribution in [0.4, 0.5) is 0 Å². The SMILES string of the molecule is CC(C)[C@H](NC(=O)[C@H](C)NC(=O)[C@@H](NC(=O)c1ccccc1)C(C)(C)C)C(=O)C(=O)NCC(=O)N1CCN(C)CC1. The van der Waals surface area contributed by atoms with Gasteiger partial charge in [-0.15, -0.1) is 0 Å². The number of rotatable bonds is 11. The van der Waals surface area contributed by atoms with Crippen LogP contribution >= 0.6 is 0 Å². The summed E-state index contributed by atoms with van der Waals surface area (Å²) in [5, 5.41) is 10.3. The van der Waals surface area contributed by atoms with E-state index in [-0.39, 0.29) is 12.5 Å². The zero-order valence-corrected chi connectivity index (χ0v) is 25.1. The maximum Gasteiger partial charge on any atom is 0.290 e. The van der Waals surface area contributed by atoms with Crippen LogP contribution in [0.1, 0.15) is 51.9 Å². The molecular formula is C29H44N6O6. The molecule has 1 aromatic carbocycles. The molecule has 41 heavy (non-hydrogen) atoms. The first-order chi connectivity index (χ1) is 19.1. The molecule has 0 bridgehead atoms. The molecule has 0 radical (unpaired) electrons. The average molecular weight is 573 g/mol. The second-order valence-electron chi connectivity index (χ2n) is 11.8. The third-order valence-corrected chi connectivity index (χ3v) is 6.92. The number of carbonyl (C=O) groups is 6. The zero-order chi connectivity index (χ0) is 30.9. The smallest absolute Gasteiger partial charge is 0.290 e. The summed E-state index contributed by atoms with van der Waals surface area (Å²) >= 11 is 0. The van der Waals surface area contributed by atoms with Crippen LogP contribution in [0.15, 0.2) is 30.3 Å². The third kappa shape index (κ3) is 9.96. The van der Waals surface area contributed by atoms with Gasteiger partial charge in [0, 0.05) is 31.7 Å². The van der Waals surface area contributed by atoms with Crippen LogP contribution < -0.4 is 21.3 Å². The molecule has 4 N–H and O–H groups in total. The minimum atomic E-state index is -1.17. The van der Waals surface area contributed by atoms with Gasteiger partial charge in [0.25, 0.3) is 11.8 Å². The molecule has 12 nitrogen and oxygen atoms in total. The molecule has 226 valence electrons. The summed E-state index contributed by atoms with van der Waals surface area (Å²) in [5.74, 6) is -4.26. The molecule has 1 saturated heterocycles. The molecule has 1 aliphatic rings. The first kappa shape index (κ1) is 33.4. The summed E-state index contributed by atoms with van der Waals surface area (Å²) in [6.45, 7) is 12.4. The van der Waals surface area contributed by atoms with Crippen molar-refractivity contribution in [2.45, 2.75) is 59.7 Å². The van der Waals surface area contributed by atoms with E-state index in [4.69, 9.17) is 0 Å². The molecule has 0 aromatic heterocycles. The Morgan fingerprint density at radius 3 is 1.95 bits per heavy atom. The summed E-state index contributed by atoms with van der Waals surface area (Å²) < 4.78 is 0. The topological polar surface area (TPSA) is 157 Å². The number of amides is 5. The van der Waals surface area contributed by atoms with Gasteiger partial charge in [-0.1, -0.05) is 52.8 Å². The molecule has 3 atom stereocenters. The molecular weight excluding hydrogens is 528 g/mol. The summed E-state index contributed by atoms with van der Waals surface area (Å²) in [6.07, 6.45) is 0. The van der Waals surface area contributed by atoms with Crippen molar-refractivity contribution >= 4 is 35.3 Å². The minimum absolute atomic E-state index is 0.284. The maximum absolute atomic E-state index is 13.2. The van der Waals surface area contributed by atoms with Gasteiger partial charge in [-0.3, -0.25) is 28.8 Å². The molecule has 0 aliphatic carbocycles. The van der Waals surface area contributed by atoms with Crippen LogP contribution in [0.3, 0.4) is 0 Å². The van der Waals surface area contributed by atoms with E-state index in [1.165, 1.54) is 6.92 Å². The fraction of sp³-hybridized carbons (Fsp3) is 0.586. The van der Waals surface area contributed by atoms with E-state index in [1.54, 1.807) is 69.9 Å². The molecule has 0 spiro atoms. The summed E-state index contributed by atoms with van der Waals surface area (Å²) in [4.78, 5) is 80.5. The van der Waals surface area contributed by atoms with Crippen molar-refractivity contribution in [1.29, 1.82) is 0 Å². The van der Waals surface area contributed by atoms with Gasteiger partial charge in [-0.05, 0) is 37.4 Å². The number of nitrogens with zero attached hydrogens (tertiary/aromatic N) is 2. The monoisotopic (exact) mass is 572 g/mol. The molecule has 0 saturated carbocycles. The van der Waals surface area contributed by atoms with Gasteiger partial charge < -0.3 is 31.1 Å². The van der Waals surface area contributed by atoms with Crippen LogP contribution in [0.5, 0.6) is 0 Å². The Hall–Kier alpha value is -3.80. The second kappa shape index (κ2) is 14.7. The standard InChI is InChI=1S/C29H44N6O6/c1-18(2)22(23(37)27(40)30-17-21(36)35-15-13-34(7)14-16-35)32-25(38)19(3)31-28(41)24(29(4,5)6)33-26(39)20-11-9-8-10-12-20/h8-12,18-19,22,24H,13-17H2,1-7H3,(H,30,40)(H,31,41)(H,32,38)(H,33,39)/t19-,22-,24+/m0/s1. The summed E-state index contributed by atoms with van der Waals surface area (Å²) in [6, 6.07) is 5.26. The first-order valence-corrected chi connectivity index (χ1v) is 13.9. The third-order valence-electron chi connectivity index (χ3n) is 6.92.